The highest BCUT2D eigenvalue weighted by Crippen LogP contribution is 2.27. The average molecular weight is 253 g/mol. The molecule has 0 bridgehead atoms. The Kier molecular flexibility index (Phi) is 4.39. The molecular formula is C13H17ClN2O. The van der Waals surface area contributed by atoms with E-state index in [9.17, 15) is 0 Å². The minimum Gasteiger partial charge on any atom is -0.496 e. The van der Waals surface area contributed by atoms with Crippen LogP contribution in [0.15, 0.2) is 12.1 Å². The Hall–Kier alpha value is -1.24. The molecule has 0 saturated carbocycles. The second kappa shape index (κ2) is 5.39. The number of nitrogens with zero attached hydrogens (tertiary/aromatic N) is 1. The summed E-state index contributed by atoms with van der Waals surface area (Å²) in [5.41, 5.74) is 1.38. The Balaban J connectivity index is 2.95. The van der Waals surface area contributed by atoms with Gasteiger partial charge in [-0.05, 0) is 38.5 Å². The van der Waals surface area contributed by atoms with Crippen LogP contribution >= 0.6 is 11.6 Å². The summed E-state index contributed by atoms with van der Waals surface area (Å²) in [5.74, 6) is 0.815. The van der Waals surface area contributed by atoms with Crippen LogP contribution in [0, 0.1) is 18.3 Å². The molecule has 1 aromatic rings. The lowest BCUT2D eigenvalue weighted by atomic mass is 10.1. The monoisotopic (exact) mass is 252 g/mol. The van der Waals surface area contributed by atoms with E-state index < -0.39 is 5.54 Å². The van der Waals surface area contributed by atoms with Gasteiger partial charge in [0.25, 0.3) is 0 Å². The van der Waals surface area contributed by atoms with Gasteiger partial charge in [-0.15, -0.1) is 0 Å². The van der Waals surface area contributed by atoms with Gasteiger partial charge in [-0.3, -0.25) is 5.32 Å². The van der Waals surface area contributed by atoms with Crippen LogP contribution in [0.1, 0.15) is 25.0 Å². The van der Waals surface area contributed by atoms with Crippen molar-refractivity contribution in [2.75, 3.05) is 7.11 Å². The molecule has 0 aliphatic carbocycles. The number of hydrogen-bond acceptors (Lipinski definition) is 3. The summed E-state index contributed by atoms with van der Waals surface area (Å²) in [4.78, 5) is 0. The molecule has 1 aromatic carbocycles. The molecule has 17 heavy (non-hydrogen) atoms. The van der Waals surface area contributed by atoms with Gasteiger partial charge in [-0.25, -0.2) is 0 Å². The van der Waals surface area contributed by atoms with E-state index >= 15 is 0 Å². The summed E-state index contributed by atoms with van der Waals surface area (Å²) in [5, 5.41) is 12.8. The molecule has 0 heterocycles. The number of ether oxygens (including phenoxy) is 1. The van der Waals surface area contributed by atoms with Crippen LogP contribution in [0.3, 0.4) is 0 Å². The number of nitriles is 1. The largest absolute Gasteiger partial charge is 0.496 e. The SMILES string of the molecule is COc1c(C)cc(Cl)cc1CNC(C)(C)C#N. The number of hydrogen-bond donors (Lipinski definition) is 1. The van der Waals surface area contributed by atoms with Crippen molar-refractivity contribution in [3.63, 3.8) is 0 Å². The molecule has 0 saturated heterocycles. The molecule has 0 aliphatic rings. The summed E-state index contributed by atoms with van der Waals surface area (Å²) < 4.78 is 5.35. The molecule has 0 aromatic heterocycles. The minimum atomic E-state index is -0.568. The van der Waals surface area contributed by atoms with E-state index in [0.29, 0.717) is 11.6 Å². The molecule has 0 spiro atoms. The van der Waals surface area contributed by atoms with Gasteiger partial charge in [0.15, 0.2) is 0 Å². The zero-order valence-electron chi connectivity index (χ0n) is 10.6. The molecule has 92 valence electrons. The van der Waals surface area contributed by atoms with Gasteiger partial charge in [0.1, 0.15) is 11.3 Å². The average Bonchev–Trinajstić information content (AvgIpc) is 2.26. The molecule has 0 amide bonds. The second-order valence-electron chi connectivity index (χ2n) is 4.51. The van der Waals surface area contributed by atoms with Crippen molar-refractivity contribution in [1.29, 1.82) is 5.26 Å². The Morgan fingerprint density at radius 2 is 2.12 bits per heavy atom. The van der Waals surface area contributed by atoms with Crippen molar-refractivity contribution < 1.29 is 4.74 Å². The molecule has 0 aliphatic heterocycles. The van der Waals surface area contributed by atoms with Crippen LogP contribution in [-0.4, -0.2) is 12.6 Å². The van der Waals surface area contributed by atoms with E-state index in [-0.39, 0.29) is 0 Å². The van der Waals surface area contributed by atoms with Crippen LogP contribution in [0.2, 0.25) is 5.02 Å². The first kappa shape index (κ1) is 13.8. The fraction of sp³-hybridized carbons (Fsp3) is 0.462. The lowest BCUT2D eigenvalue weighted by molar-refractivity contribution is 0.399. The van der Waals surface area contributed by atoms with Gasteiger partial charge >= 0.3 is 0 Å². The van der Waals surface area contributed by atoms with Gasteiger partial charge < -0.3 is 4.74 Å². The predicted molar refractivity (Wildman–Crippen MR) is 69.3 cm³/mol. The lowest BCUT2D eigenvalue weighted by Gasteiger charge is -2.19. The minimum absolute atomic E-state index is 0.547. The number of methoxy groups -OCH3 is 1. The molecule has 0 atom stereocenters. The molecule has 3 nitrogen and oxygen atoms in total. The normalized spacial score (nSPS) is 11.1. The fourth-order valence-electron chi connectivity index (χ4n) is 1.58. The first-order valence-corrected chi connectivity index (χ1v) is 5.76. The van der Waals surface area contributed by atoms with E-state index in [1.54, 1.807) is 7.11 Å². The maximum Gasteiger partial charge on any atom is 0.126 e. The van der Waals surface area contributed by atoms with E-state index in [0.717, 1.165) is 16.9 Å². The van der Waals surface area contributed by atoms with Crippen LogP contribution in [-0.2, 0) is 6.54 Å². The highest BCUT2D eigenvalue weighted by Gasteiger charge is 2.17. The standard InChI is InChI=1S/C13H17ClN2O/c1-9-5-11(14)6-10(12(9)17-4)7-16-13(2,3)8-15/h5-6,16H,7H2,1-4H3. The van der Waals surface area contributed by atoms with Crippen LogP contribution in [0.5, 0.6) is 5.75 Å². The lowest BCUT2D eigenvalue weighted by Crippen LogP contribution is -2.37. The van der Waals surface area contributed by atoms with Crippen molar-refractivity contribution in [2.45, 2.75) is 32.9 Å². The second-order valence-corrected chi connectivity index (χ2v) is 4.94. The Bertz CT molecular complexity index is 449. The number of halogens is 1. The van der Waals surface area contributed by atoms with E-state index in [1.165, 1.54) is 0 Å². The highest BCUT2D eigenvalue weighted by molar-refractivity contribution is 6.30. The third-order valence-electron chi connectivity index (χ3n) is 2.52. The highest BCUT2D eigenvalue weighted by atomic mass is 35.5. The van der Waals surface area contributed by atoms with Crippen LogP contribution in [0.4, 0.5) is 0 Å². The van der Waals surface area contributed by atoms with Gasteiger partial charge in [0, 0.05) is 17.1 Å². The molecule has 1 N–H and O–H groups in total. The van der Waals surface area contributed by atoms with Gasteiger partial charge in [0.2, 0.25) is 0 Å². The van der Waals surface area contributed by atoms with Gasteiger partial charge in [-0.2, -0.15) is 5.26 Å². The van der Waals surface area contributed by atoms with Crippen molar-refractivity contribution >= 4 is 11.6 Å². The quantitative estimate of drug-likeness (QED) is 0.896. The Morgan fingerprint density at radius 1 is 1.47 bits per heavy atom. The van der Waals surface area contributed by atoms with Gasteiger partial charge in [-0.1, -0.05) is 11.6 Å². The van der Waals surface area contributed by atoms with Crippen LogP contribution in [0.25, 0.3) is 0 Å². The smallest absolute Gasteiger partial charge is 0.126 e. The summed E-state index contributed by atoms with van der Waals surface area (Å²) in [7, 11) is 1.63. The molecule has 4 heteroatoms. The number of nitrogens with one attached hydrogen (secondary N) is 1. The summed E-state index contributed by atoms with van der Waals surface area (Å²) in [6, 6.07) is 5.91. The molecule has 0 unspecified atom stereocenters. The molecule has 1 rings (SSSR count). The Labute approximate surface area is 107 Å². The fourth-order valence-corrected chi connectivity index (χ4v) is 1.87. The number of aryl methyl sites for hydroxylation is 1. The number of benzene rings is 1. The predicted octanol–water partition coefficient (Wildman–Crippen LogP) is 3.05. The van der Waals surface area contributed by atoms with Crippen LogP contribution < -0.4 is 10.1 Å². The summed E-state index contributed by atoms with van der Waals surface area (Å²) in [6.07, 6.45) is 0. The van der Waals surface area contributed by atoms with Crippen molar-refractivity contribution in [3.05, 3.63) is 28.3 Å². The topological polar surface area (TPSA) is 45.0 Å². The number of rotatable bonds is 4. The van der Waals surface area contributed by atoms with Gasteiger partial charge in [0.05, 0.1) is 13.2 Å². The first-order chi connectivity index (χ1) is 7.89. The van der Waals surface area contributed by atoms with E-state index in [1.807, 2.05) is 32.9 Å². The zero-order chi connectivity index (χ0) is 13.1. The molecule has 0 radical (unpaired) electrons. The summed E-state index contributed by atoms with van der Waals surface area (Å²) in [6.45, 7) is 6.16. The van der Waals surface area contributed by atoms with Crippen molar-refractivity contribution in [1.82, 2.24) is 5.32 Å². The van der Waals surface area contributed by atoms with Crippen molar-refractivity contribution in [3.8, 4) is 11.8 Å². The molecular weight excluding hydrogens is 236 g/mol. The van der Waals surface area contributed by atoms with Crippen molar-refractivity contribution in [2.24, 2.45) is 0 Å². The first-order valence-electron chi connectivity index (χ1n) is 5.39. The third-order valence-corrected chi connectivity index (χ3v) is 2.74. The van der Waals surface area contributed by atoms with E-state index in [2.05, 4.69) is 11.4 Å². The summed E-state index contributed by atoms with van der Waals surface area (Å²) >= 11 is 6.01. The Morgan fingerprint density at radius 3 is 2.65 bits per heavy atom. The third kappa shape index (κ3) is 3.62. The molecule has 0 fully saturated rings. The van der Waals surface area contributed by atoms with E-state index in [4.69, 9.17) is 21.6 Å². The maximum atomic E-state index is 8.94. The maximum absolute atomic E-state index is 8.94. The zero-order valence-corrected chi connectivity index (χ0v) is 11.4.